The number of aliphatic hydroxyl groups is 1. The van der Waals surface area contributed by atoms with Gasteiger partial charge in [0.25, 0.3) is 0 Å². The highest BCUT2D eigenvalue weighted by Gasteiger charge is 2.25. The van der Waals surface area contributed by atoms with Crippen molar-refractivity contribution in [2.75, 3.05) is 0 Å². The van der Waals surface area contributed by atoms with Crippen LogP contribution in [0.15, 0.2) is 24.3 Å². The Kier molecular flexibility index (Phi) is 5.01. The quantitative estimate of drug-likeness (QED) is 0.767. The summed E-state index contributed by atoms with van der Waals surface area (Å²) >= 11 is 0. The third kappa shape index (κ3) is 3.08. The van der Waals surface area contributed by atoms with Crippen molar-refractivity contribution in [2.24, 2.45) is 0 Å². The van der Waals surface area contributed by atoms with Gasteiger partial charge in [-0.15, -0.1) is 0 Å². The van der Waals surface area contributed by atoms with Crippen molar-refractivity contribution in [2.45, 2.75) is 58.5 Å². The lowest BCUT2D eigenvalue weighted by Crippen LogP contribution is -2.24. The Morgan fingerprint density at radius 2 is 1.88 bits per heavy atom. The second-order valence-electron chi connectivity index (χ2n) is 4.59. The zero-order valence-corrected chi connectivity index (χ0v) is 10.8. The van der Waals surface area contributed by atoms with Crippen molar-refractivity contribution < 1.29 is 5.11 Å². The van der Waals surface area contributed by atoms with Crippen molar-refractivity contribution in [1.82, 2.24) is 0 Å². The van der Waals surface area contributed by atoms with Gasteiger partial charge in [-0.05, 0) is 30.4 Å². The Morgan fingerprint density at radius 1 is 1.12 bits per heavy atom. The van der Waals surface area contributed by atoms with E-state index in [4.69, 9.17) is 0 Å². The first-order valence-electron chi connectivity index (χ1n) is 6.48. The third-order valence-electron chi connectivity index (χ3n) is 3.25. The van der Waals surface area contributed by atoms with Crippen molar-refractivity contribution in [3.8, 4) is 0 Å². The molecule has 1 rings (SSSR count). The normalized spacial score (nSPS) is 14.8. The van der Waals surface area contributed by atoms with Gasteiger partial charge in [-0.1, -0.05) is 57.9 Å². The average molecular weight is 220 g/mol. The van der Waals surface area contributed by atoms with Crippen molar-refractivity contribution >= 4 is 0 Å². The fourth-order valence-corrected chi connectivity index (χ4v) is 2.24. The Labute approximate surface area is 99.5 Å². The lowest BCUT2D eigenvalue weighted by molar-refractivity contribution is 0.0225. The molecule has 1 nitrogen and oxygen atoms in total. The summed E-state index contributed by atoms with van der Waals surface area (Å²) in [6.07, 6.45) is 4.90. The molecule has 0 saturated carbocycles. The van der Waals surface area contributed by atoms with Gasteiger partial charge < -0.3 is 5.11 Å². The lowest BCUT2D eigenvalue weighted by Gasteiger charge is -2.27. The molecule has 0 heterocycles. The van der Waals surface area contributed by atoms with Crippen LogP contribution in [-0.4, -0.2) is 5.11 Å². The standard InChI is InChI=1S/C15H24O/c1-4-8-13-9-7-10-14(12-13)15(16,6-3)11-5-2/h7,9-10,12,16H,4-6,8,11H2,1-3H3. The predicted octanol–water partition coefficient (Wildman–Crippen LogP) is 4.04. The monoisotopic (exact) mass is 220 g/mol. The minimum atomic E-state index is -0.626. The summed E-state index contributed by atoms with van der Waals surface area (Å²) < 4.78 is 0. The number of benzene rings is 1. The number of rotatable bonds is 6. The van der Waals surface area contributed by atoms with Crippen LogP contribution in [0.25, 0.3) is 0 Å². The Morgan fingerprint density at radius 3 is 2.44 bits per heavy atom. The lowest BCUT2D eigenvalue weighted by atomic mass is 9.86. The van der Waals surface area contributed by atoms with Crippen molar-refractivity contribution in [1.29, 1.82) is 0 Å². The second kappa shape index (κ2) is 6.05. The van der Waals surface area contributed by atoms with E-state index in [1.807, 2.05) is 0 Å². The van der Waals surface area contributed by atoms with E-state index in [9.17, 15) is 5.11 Å². The molecule has 1 aromatic carbocycles. The molecule has 16 heavy (non-hydrogen) atoms. The van der Waals surface area contributed by atoms with Gasteiger partial charge in [0, 0.05) is 0 Å². The average Bonchev–Trinajstić information content (AvgIpc) is 2.30. The van der Waals surface area contributed by atoms with E-state index in [0.29, 0.717) is 0 Å². The van der Waals surface area contributed by atoms with E-state index >= 15 is 0 Å². The second-order valence-corrected chi connectivity index (χ2v) is 4.59. The summed E-state index contributed by atoms with van der Waals surface area (Å²) in [5.74, 6) is 0. The molecule has 1 N–H and O–H groups in total. The largest absolute Gasteiger partial charge is 0.385 e. The van der Waals surface area contributed by atoms with Crippen molar-refractivity contribution in [3.63, 3.8) is 0 Å². The minimum Gasteiger partial charge on any atom is -0.385 e. The molecule has 0 aliphatic rings. The van der Waals surface area contributed by atoms with Crippen LogP contribution in [0.5, 0.6) is 0 Å². The van der Waals surface area contributed by atoms with Crippen LogP contribution in [0.1, 0.15) is 57.6 Å². The predicted molar refractivity (Wildman–Crippen MR) is 69.5 cm³/mol. The molecule has 0 aliphatic heterocycles. The summed E-state index contributed by atoms with van der Waals surface area (Å²) in [5, 5.41) is 10.6. The summed E-state index contributed by atoms with van der Waals surface area (Å²) in [5.41, 5.74) is 1.80. The SMILES string of the molecule is CCCc1cccc(C(O)(CC)CCC)c1. The van der Waals surface area contributed by atoms with Gasteiger partial charge in [-0.2, -0.15) is 0 Å². The smallest absolute Gasteiger partial charge is 0.0893 e. The number of hydrogen-bond acceptors (Lipinski definition) is 1. The van der Waals surface area contributed by atoms with Crippen LogP contribution in [0, 0.1) is 0 Å². The molecule has 0 aliphatic carbocycles. The van der Waals surface area contributed by atoms with Crippen LogP contribution in [0.4, 0.5) is 0 Å². The van der Waals surface area contributed by atoms with E-state index < -0.39 is 5.60 Å². The Hall–Kier alpha value is -0.820. The third-order valence-corrected chi connectivity index (χ3v) is 3.25. The summed E-state index contributed by atoms with van der Waals surface area (Å²) in [7, 11) is 0. The molecule has 1 heteroatoms. The van der Waals surface area contributed by atoms with Gasteiger partial charge in [0.15, 0.2) is 0 Å². The molecule has 0 bridgehead atoms. The molecule has 0 amide bonds. The van der Waals surface area contributed by atoms with Crippen LogP contribution in [0.2, 0.25) is 0 Å². The van der Waals surface area contributed by atoms with Crippen LogP contribution >= 0.6 is 0 Å². The summed E-state index contributed by atoms with van der Waals surface area (Å²) in [6, 6.07) is 8.44. The molecule has 0 aromatic heterocycles. The molecule has 1 aromatic rings. The maximum Gasteiger partial charge on any atom is 0.0893 e. The highest BCUT2D eigenvalue weighted by atomic mass is 16.3. The van der Waals surface area contributed by atoms with Gasteiger partial charge in [0.05, 0.1) is 5.60 Å². The van der Waals surface area contributed by atoms with Crippen LogP contribution in [-0.2, 0) is 12.0 Å². The summed E-state index contributed by atoms with van der Waals surface area (Å²) in [4.78, 5) is 0. The first-order valence-corrected chi connectivity index (χ1v) is 6.48. The molecule has 0 fully saturated rings. The van der Waals surface area contributed by atoms with E-state index in [0.717, 1.165) is 37.7 Å². The molecule has 0 saturated heterocycles. The van der Waals surface area contributed by atoms with E-state index in [2.05, 4.69) is 45.0 Å². The maximum atomic E-state index is 10.6. The minimum absolute atomic E-state index is 0.626. The Bertz CT molecular complexity index is 319. The van der Waals surface area contributed by atoms with Crippen molar-refractivity contribution in [3.05, 3.63) is 35.4 Å². The molecule has 0 spiro atoms. The van der Waals surface area contributed by atoms with Crippen LogP contribution in [0.3, 0.4) is 0 Å². The fraction of sp³-hybridized carbons (Fsp3) is 0.600. The van der Waals surface area contributed by atoms with Gasteiger partial charge in [-0.3, -0.25) is 0 Å². The van der Waals surface area contributed by atoms with Gasteiger partial charge >= 0.3 is 0 Å². The van der Waals surface area contributed by atoms with E-state index in [-0.39, 0.29) is 0 Å². The van der Waals surface area contributed by atoms with Gasteiger partial charge in [-0.25, -0.2) is 0 Å². The van der Waals surface area contributed by atoms with Gasteiger partial charge in [0.1, 0.15) is 0 Å². The molecule has 1 unspecified atom stereocenters. The Balaban J connectivity index is 2.96. The maximum absolute atomic E-state index is 10.6. The summed E-state index contributed by atoms with van der Waals surface area (Å²) in [6.45, 7) is 6.36. The van der Waals surface area contributed by atoms with Gasteiger partial charge in [0.2, 0.25) is 0 Å². The molecular formula is C15H24O. The highest BCUT2D eigenvalue weighted by Crippen LogP contribution is 2.30. The number of hydrogen-bond donors (Lipinski definition) is 1. The fourth-order valence-electron chi connectivity index (χ4n) is 2.24. The number of aryl methyl sites for hydroxylation is 1. The first kappa shape index (κ1) is 13.2. The zero-order chi connectivity index (χ0) is 12.0. The molecule has 0 radical (unpaired) electrons. The van der Waals surface area contributed by atoms with Crippen LogP contribution < -0.4 is 0 Å². The molecule has 1 atom stereocenters. The van der Waals surface area contributed by atoms with E-state index in [1.165, 1.54) is 5.56 Å². The highest BCUT2D eigenvalue weighted by molar-refractivity contribution is 5.28. The van der Waals surface area contributed by atoms with E-state index in [1.54, 1.807) is 0 Å². The molecule has 90 valence electrons. The first-order chi connectivity index (χ1) is 7.66. The zero-order valence-electron chi connectivity index (χ0n) is 10.8. The topological polar surface area (TPSA) is 20.2 Å². The molecular weight excluding hydrogens is 196 g/mol.